The number of nitrogens with one attached hydrogen (secondary N) is 1. The van der Waals surface area contributed by atoms with E-state index in [4.69, 9.17) is 22.1 Å². The Morgan fingerprint density at radius 3 is 2.70 bits per heavy atom. The third-order valence-corrected chi connectivity index (χ3v) is 3.90. The number of nitrogens with zero attached hydrogens (tertiary/aromatic N) is 2. The number of ether oxygens (including phenoxy) is 1. The highest BCUT2D eigenvalue weighted by Crippen LogP contribution is 2.18. The lowest BCUT2D eigenvalue weighted by Gasteiger charge is -2.27. The summed E-state index contributed by atoms with van der Waals surface area (Å²) in [6.45, 7) is 5.40. The van der Waals surface area contributed by atoms with E-state index in [9.17, 15) is 4.79 Å². The maximum Gasteiger partial charge on any atom is 0.287 e. The number of hydrogen-bond acceptors (Lipinski definition) is 5. The van der Waals surface area contributed by atoms with Crippen LogP contribution in [0.5, 0.6) is 0 Å². The highest BCUT2D eigenvalue weighted by molar-refractivity contribution is 6.32. The third kappa shape index (κ3) is 4.19. The smallest absolute Gasteiger partial charge is 0.287 e. The molecule has 0 aliphatic heterocycles. The Balaban J connectivity index is 2.83. The van der Waals surface area contributed by atoms with Crippen molar-refractivity contribution < 1.29 is 4.74 Å². The lowest BCUT2D eigenvalue weighted by molar-refractivity contribution is 0.182. The normalized spacial score (nSPS) is 11.7. The van der Waals surface area contributed by atoms with E-state index in [1.165, 1.54) is 4.68 Å². The van der Waals surface area contributed by atoms with Gasteiger partial charge < -0.3 is 15.8 Å². The summed E-state index contributed by atoms with van der Waals surface area (Å²) >= 11 is 6.08. The van der Waals surface area contributed by atoms with Crippen molar-refractivity contribution in [3.8, 4) is 0 Å². The number of nitrogens with two attached hydrogens (primary N) is 1. The predicted molar refractivity (Wildman–Crippen MR) is 81.4 cm³/mol. The fourth-order valence-electron chi connectivity index (χ4n) is 1.70. The first-order valence-electron chi connectivity index (χ1n) is 6.74. The minimum atomic E-state index is -0.329. The number of hydrogen-bond donors (Lipinski definition) is 2. The van der Waals surface area contributed by atoms with Crippen molar-refractivity contribution in [1.82, 2.24) is 9.78 Å². The molecule has 1 aromatic rings. The molecule has 0 saturated carbocycles. The molecule has 0 aliphatic carbocycles. The topological polar surface area (TPSA) is 82.2 Å². The van der Waals surface area contributed by atoms with Gasteiger partial charge in [-0.15, -0.1) is 0 Å². The summed E-state index contributed by atoms with van der Waals surface area (Å²) in [5.41, 5.74) is 6.08. The van der Waals surface area contributed by atoms with Gasteiger partial charge in [0.2, 0.25) is 0 Å². The van der Waals surface area contributed by atoms with E-state index >= 15 is 0 Å². The van der Waals surface area contributed by atoms with Crippen molar-refractivity contribution in [2.24, 2.45) is 5.73 Å². The van der Waals surface area contributed by atoms with Crippen molar-refractivity contribution in [2.45, 2.75) is 38.8 Å². The van der Waals surface area contributed by atoms with Crippen LogP contribution in [0.15, 0.2) is 11.0 Å². The Labute approximate surface area is 124 Å². The van der Waals surface area contributed by atoms with E-state index in [1.54, 1.807) is 13.3 Å². The van der Waals surface area contributed by atoms with Crippen LogP contribution in [0.4, 0.5) is 5.69 Å². The zero-order valence-corrected chi connectivity index (χ0v) is 13.0. The van der Waals surface area contributed by atoms with Crippen LogP contribution in [0.2, 0.25) is 5.02 Å². The maximum atomic E-state index is 12.0. The van der Waals surface area contributed by atoms with Gasteiger partial charge in [0.05, 0.1) is 25.0 Å². The van der Waals surface area contributed by atoms with Crippen LogP contribution in [-0.4, -0.2) is 35.6 Å². The second-order valence-electron chi connectivity index (χ2n) is 4.82. The molecule has 0 unspecified atom stereocenters. The highest BCUT2D eigenvalue weighted by Gasteiger charge is 2.20. The Hall–Kier alpha value is -1.11. The number of rotatable bonds is 8. The SMILES string of the molecule is CCC(N)(CC)CNc1cnn(CCOC)c(=O)c1Cl. The van der Waals surface area contributed by atoms with Gasteiger partial charge in [-0.2, -0.15) is 5.10 Å². The second kappa shape index (κ2) is 7.61. The molecule has 0 spiro atoms. The molecule has 7 heteroatoms. The number of aromatic nitrogens is 2. The molecule has 1 rings (SSSR count). The number of methoxy groups -OCH3 is 1. The van der Waals surface area contributed by atoms with Gasteiger partial charge in [0, 0.05) is 19.2 Å². The van der Waals surface area contributed by atoms with Crippen LogP contribution < -0.4 is 16.6 Å². The lowest BCUT2D eigenvalue weighted by Crippen LogP contribution is -2.45. The average molecular weight is 303 g/mol. The predicted octanol–water partition coefficient (Wildman–Crippen LogP) is 1.47. The van der Waals surface area contributed by atoms with E-state index in [2.05, 4.69) is 10.4 Å². The molecule has 0 radical (unpaired) electrons. The summed E-state index contributed by atoms with van der Waals surface area (Å²) < 4.78 is 6.20. The summed E-state index contributed by atoms with van der Waals surface area (Å²) in [6.07, 6.45) is 3.23. The van der Waals surface area contributed by atoms with E-state index < -0.39 is 0 Å². The second-order valence-corrected chi connectivity index (χ2v) is 5.19. The summed E-state index contributed by atoms with van der Waals surface area (Å²) in [6, 6.07) is 0. The van der Waals surface area contributed by atoms with Crippen LogP contribution in [0.1, 0.15) is 26.7 Å². The minimum Gasteiger partial charge on any atom is -0.383 e. The Morgan fingerprint density at radius 2 is 2.15 bits per heavy atom. The zero-order valence-electron chi connectivity index (χ0n) is 12.3. The van der Waals surface area contributed by atoms with Crippen molar-refractivity contribution in [3.05, 3.63) is 21.6 Å². The van der Waals surface area contributed by atoms with E-state index in [1.807, 2.05) is 13.8 Å². The van der Waals surface area contributed by atoms with Crippen LogP contribution >= 0.6 is 11.6 Å². The van der Waals surface area contributed by atoms with Crippen molar-refractivity contribution in [2.75, 3.05) is 25.6 Å². The van der Waals surface area contributed by atoms with Crippen molar-refractivity contribution >= 4 is 17.3 Å². The van der Waals surface area contributed by atoms with E-state index in [0.29, 0.717) is 25.4 Å². The first-order valence-corrected chi connectivity index (χ1v) is 7.12. The Bertz CT molecular complexity index is 486. The highest BCUT2D eigenvalue weighted by atomic mass is 35.5. The number of halogens is 1. The summed E-state index contributed by atoms with van der Waals surface area (Å²) in [4.78, 5) is 12.0. The third-order valence-electron chi connectivity index (χ3n) is 3.53. The molecule has 114 valence electrons. The average Bonchev–Trinajstić information content (AvgIpc) is 2.47. The number of anilines is 1. The van der Waals surface area contributed by atoms with Crippen LogP contribution in [0, 0.1) is 0 Å². The molecule has 1 heterocycles. The molecule has 6 nitrogen and oxygen atoms in total. The van der Waals surface area contributed by atoms with Gasteiger partial charge in [-0.05, 0) is 12.8 Å². The molecule has 0 saturated heterocycles. The van der Waals surface area contributed by atoms with E-state index in [-0.39, 0.29) is 16.1 Å². The summed E-state index contributed by atoms with van der Waals surface area (Å²) in [5, 5.41) is 7.31. The van der Waals surface area contributed by atoms with Gasteiger partial charge in [0.25, 0.3) is 5.56 Å². The monoisotopic (exact) mass is 302 g/mol. The molecule has 0 bridgehead atoms. The lowest BCUT2D eigenvalue weighted by atomic mass is 9.94. The van der Waals surface area contributed by atoms with Crippen molar-refractivity contribution in [1.29, 1.82) is 0 Å². The standard InChI is InChI=1S/C13H23ClN4O2/c1-4-13(15,5-2)9-16-10-8-17-18(6-7-20-3)12(19)11(10)14/h8,16H,4-7,9,15H2,1-3H3. The molecule has 0 atom stereocenters. The Morgan fingerprint density at radius 1 is 1.50 bits per heavy atom. The fourth-order valence-corrected chi connectivity index (χ4v) is 1.91. The molecule has 3 N–H and O–H groups in total. The zero-order chi connectivity index (χ0) is 15.2. The minimum absolute atomic E-state index is 0.130. The first kappa shape index (κ1) is 16.9. The first-order chi connectivity index (χ1) is 9.47. The summed E-state index contributed by atoms with van der Waals surface area (Å²) in [7, 11) is 1.57. The summed E-state index contributed by atoms with van der Waals surface area (Å²) in [5.74, 6) is 0. The molecular weight excluding hydrogens is 280 g/mol. The maximum absolute atomic E-state index is 12.0. The largest absolute Gasteiger partial charge is 0.383 e. The molecule has 0 amide bonds. The molecule has 20 heavy (non-hydrogen) atoms. The quantitative estimate of drug-likeness (QED) is 0.760. The van der Waals surface area contributed by atoms with Gasteiger partial charge in [-0.1, -0.05) is 25.4 Å². The molecule has 0 aliphatic rings. The molecular formula is C13H23ClN4O2. The van der Waals surface area contributed by atoms with Gasteiger partial charge in [0.1, 0.15) is 5.02 Å². The molecule has 1 aromatic heterocycles. The van der Waals surface area contributed by atoms with Crippen LogP contribution in [0.3, 0.4) is 0 Å². The van der Waals surface area contributed by atoms with Gasteiger partial charge in [0.15, 0.2) is 0 Å². The molecule has 0 aromatic carbocycles. The van der Waals surface area contributed by atoms with Gasteiger partial charge in [-0.3, -0.25) is 4.79 Å². The van der Waals surface area contributed by atoms with Gasteiger partial charge >= 0.3 is 0 Å². The fraction of sp³-hybridized carbons (Fsp3) is 0.692. The van der Waals surface area contributed by atoms with Crippen molar-refractivity contribution in [3.63, 3.8) is 0 Å². The van der Waals surface area contributed by atoms with Gasteiger partial charge in [-0.25, -0.2) is 4.68 Å². The van der Waals surface area contributed by atoms with Crippen LogP contribution in [-0.2, 0) is 11.3 Å². The molecule has 0 fully saturated rings. The van der Waals surface area contributed by atoms with E-state index in [0.717, 1.165) is 12.8 Å². The van der Waals surface area contributed by atoms with Crippen LogP contribution in [0.25, 0.3) is 0 Å². The Kier molecular flexibility index (Phi) is 6.45.